The number of ether oxygens (including phenoxy) is 2. The number of anilines is 1. The van der Waals surface area contributed by atoms with E-state index in [1.54, 1.807) is 0 Å². The van der Waals surface area contributed by atoms with Crippen molar-refractivity contribution in [1.82, 2.24) is 14.5 Å². The van der Waals surface area contributed by atoms with Crippen LogP contribution in [0.1, 0.15) is 39.2 Å². The van der Waals surface area contributed by atoms with Gasteiger partial charge in [-0.15, -0.1) is 0 Å². The Labute approximate surface area is 199 Å². The minimum atomic E-state index is -1.10. The molecule has 0 aromatic carbocycles. The fourth-order valence-electron chi connectivity index (χ4n) is 5.01. The maximum atomic E-state index is 12.8. The zero-order chi connectivity index (χ0) is 24.0. The first-order chi connectivity index (χ1) is 15.4. The third kappa shape index (κ3) is 5.37. The molecule has 2 unspecified atom stereocenters. The first-order valence-electron chi connectivity index (χ1n) is 12.2. The average molecular weight is 473 g/mol. The number of pyridine rings is 1. The molecule has 2 atom stereocenters. The standard InChI is InChI=1S/C25H40N4O3Si/c1-18-14-28(17-31-12-13-33(5,6)7)23-22(18)21(10-11-26-23)27-15-19-8-9-20(16-27)29(19)24(30)32-25(2,3)4/h10-11,14,19-20H,8-9,12-13,15-17H2,1-7H3. The Morgan fingerprint density at radius 1 is 1.18 bits per heavy atom. The van der Waals surface area contributed by atoms with Crippen molar-refractivity contribution in [3.8, 4) is 0 Å². The zero-order valence-electron chi connectivity index (χ0n) is 21.4. The molecule has 2 fully saturated rings. The summed E-state index contributed by atoms with van der Waals surface area (Å²) < 4.78 is 13.8. The number of hydrogen-bond donors (Lipinski definition) is 0. The van der Waals surface area contributed by atoms with Crippen LogP contribution in [-0.2, 0) is 16.2 Å². The summed E-state index contributed by atoms with van der Waals surface area (Å²) in [4.78, 5) is 22.0. The van der Waals surface area contributed by atoms with Crippen LogP contribution in [0.25, 0.3) is 11.0 Å². The number of nitrogens with zero attached hydrogens (tertiary/aromatic N) is 4. The third-order valence-electron chi connectivity index (χ3n) is 6.58. The molecule has 0 radical (unpaired) electrons. The molecule has 0 aliphatic carbocycles. The van der Waals surface area contributed by atoms with Crippen LogP contribution in [0, 0.1) is 6.92 Å². The average Bonchev–Trinajstić information content (AvgIpc) is 3.16. The van der Waals surface area contributed by atoms with Crippen molar-refractivity contribution in [2.45, 2.75) is 90.6 Å². The molecule has 2 bridgehead atoms. The maximum absolute atomic E-state index is 12.8. The van der Waals surface area contributed by atoms with Gasteiger partial charge in [-0.2, -0.15) is 0 Å². The lowest BCUT2D eigenvalue weighted by Crippen LogP contribution is -2.56. The monoisotopic (exact) mass is 472 g/mol. The van der Waals surface area contributed by atoms with Gasteiger partial charge < -0.3 is 18.9 Å². The molecule has 2 aromatic heterocycles. The summed E-state index contributed by atoms with van der Waals surface area (Å²) in [6, 6.07) is 3.66. The molecular formula is C25H40N4O3Si. The van der Waals surface area contributed by atoms with Crippen molar-refractivity contribution in [3.05, 3.63) is 24.0 Å². The highest BCUT2D eigenvalue weighted by Crippen LogP contribution is 2.37. The van der Waals surface area contributed by atoms with Crippen LogP contribution in [0.4, 0.5) is 10.5 Å². The van der Waals surface area contributed by atoms with Crippen LogP contribution >= 0.6 is 0 Å². The Kier molecular flexibility index (Phi) is 6.53. The summed E-state index contributed by atoms with van der Waals surface area (Å²) in [5.41, 5.74) is 2.92. The lowest BCUT2D eigenvalue weighted by atomic mass is 10.1. The number of carbonyl (C=O) groups is 1. The maximum Gasteiger partial charge on any atom is 0.410 e. The Bertz CT molecular complexity index is 993. The van der Waals surface area contributed by atoms with E-state index in [4.69, 9.17) is 14.5 Å². The molecular weight excluding hydrogens is 432 g/mol. The number of carbonyl (C=O) groups excluding carboxylic acids is 1. The van der Waals surface area contributed by atoms with Gasteiger partial charge >= 0.3 is 6.09 Å². The first kappa shape index (κ1) is 24.1. The molecule has 4 heterocycles. The minimum absolute atomic E-state index is 0.174. The smallest absolute Gasteiger partial charge is 0.410 e. The van der Waals surface area contributed by atoms with Gasteiger partial charge in [0.25, 0.3) is 0 Å². The van der Waals surface area contributed by atoms with Gasteiger partial charge in [-0.1, -0.05) is 19.6 Å². The summed E-state index contributed by atoms with van der Waals surface area (Å²) in [7, 11) is -1.10. The predicted molar refractivity (Wildman–Crippen MR) is 136 cm³/mol. The van der Waals surface area contributed by atoms with Gasteiger partial charge in [0, 0.05) is 51.2 Å². The van der Waals surface area contributed by atoms with Crippen molar-refractivity contribution in [1.29, 1.82) is 0 Å². The molecule has 1 amide bonds. The summed E-state index contributed by atoms with van der Waals surface area (Å²) in [6.45, 7) is 18.0. The Morgan fingerprint density at radius 2 is 1.85 bits per heavy atom. The fourth-order valence-corrected chi connectivity index (χ4v) is 5.77. The van der Waals surface area contributed by atoms with Crippen LogP contribution in [-0.4, -0.2) is 66.0 Å². The molecule has 0 N–H and O–H groups in total. The van der Waals surface area contributed by atoms with Crippen molar-refractivity contribution in [2.24, 2.45) is 0 Å². The van der Waals surface area contributed by atoms with E-state index in [1.807, 2.05) is 31.9 Å². The molecule has 7 nitrogen and oxygen atoms in total. The molecule has 0 spiro atoms. The van der Waals surface area contributed by atoms with Gasteiger partial charge in [0.2, 0.25) is 0 Å². The van der Waals surface area contributed by atoms with Crippen LogP contribution in [0.5, 0.6) is 0 Å². The SMILES string of the molecule is Cc1cn(COCC[Si](C)(C)C)c2nccc(N3CC4CCC(C3)N4C(=O)OC(C)(C)C)c12. The Balaban J connectivity index is 1.51. The van der Waals surface area contributed by atoms with Crippen LogP contribution in [0.3, 0.4) is 0 Å². The molecule has 8 heteroatoms. The number of amides is 1. The largest absolute Gasteiger partial charge is 0.444 e. The van der Waals surface area contributed by atoms with Crippen molar-refractivity contribution >= 4 is 30.9 Å². The second-order valence-corrected chi connectivity index (χ2v) is 17.5. The van der Waals surface area contributed by atoms with Gasteiger partial charge in [-0.05, 0) is 58.2 Å². The molecule has 2 saturated heterocycles. The second kappa shape index (κ2) is 8.95. The zero-order valence-corrected chi connectivity index (χ0v) is 22.4. The highest BCUT2D eigenvalue weighted by atomic mass is 28.3. The van der Waals surface area contributed by atoms with Crippen molar-refractivity contribution in [3.63, 3.8) is 0 Å². The minimum Gasteiger partial charge on any atom is -0.444 e. The van der Waals surface area contributed by atoms with E-state index in [1.165, 1.54) is 16.6 Å². The number of aromatic nitrogens is 2. The normalized spacial score (nSPS) is 21.2. The lowest BCUT2D eigenvalue weighted by molar-refractivity contribution is 0.0123. The summed E-state index contributed by atoms with van der Waals surface area (Å²) in [5.74, 6) is 0. The van der Waals surface area contributed by atoms with Gasteiger partial charge in [-0.3, -0.25) is 4.90 Å². The van der Waals surface area contributed by atoms with Gasteiger partial charge in [-0.25, -0.2) is 9.78 Å². The molecule has 2 aliphatic rings. The van der Waals surface area contributed by atoms with Gasteiger partial charge in [0.1, 0.15) is 18.0 Å². The Hall–Kier alpha value is -2.06. The number of aryl methyl sites for hydroxylation is 1. The third-order valence-corrected chi connectivity index (χ3v) is 8.28. The van der Waals surface area contributed by atoms with Gasteiger partial charge in [0.05, 0.1) is 12.1 Å². The molecule has 0 saturated carbocycles. The first-order valence-corrected chi connectivity index (χ1v) is 15.9. The predicted octanol–water partition coefficient (Wildman–Crippen LogP) is 5.25. The highest BCUT2D eigenvalue weighted by molar-refractivity contribution is 6.76. The van der Waals surface area contributed by atoms with E-state index in [9.17, 15) is 4.79 Å². The molecule has 4 rings (SSSR count). The second-order valence-electron chi connectivity index (χ2n) is 11.8. The molecule has 2 aromatic rings. The molecule has 2 aliphatic heterocycles. The summed E-state index contributed by atoms with van der Waals surface area (Å²) >= 11 is 0. The fraction of sp³-hybridized carbons (Fsp3) is 0.680. The topological polar surface area (TPSA) is 59.8 Å². The lowest BCUT2D eigenvalue weighted by Gasteiger charge is -2.42. The van der Waals surface area contributed by atoms with Crippen LogP contribution < -0.4 is 4.90 Å². The van der Waals surface area contributed by atoms with E-state index >= 15 is 0 Å². The highest BCUT2D eigenvalue weighted by Gasteiger charge is 2.44. The number of hydrogen-bond acceptors (Lipinski definition) is 5. The Morgan fingerprint density at radius 3 is 2.45 bits per heavy atom. The number of rotatable bonds is 6. The molecule has 182 valence electrons. The van der Waals surface area contributed by atoms with Crippen LogP contribution in [0.2, 0.25) is 25.7 Å². The van der Waals surface area contributed by atoms with Crippen molar-refractivity contribution < 1.29 is 14.3 Å². The van der Waals surface area contributed by atoms with Crippen LogP contribution in [0.15, 0.2) is 18.5 Å². The van der Waals surface area contributed by atoms with E-state index in [0.717, 1.165) is 44.2 Å². The van der Waals surface area contributed by atoms with E-state index in [2.05, 4.69) is 48.3 Å². The van der Waals surface area contributed by atoms with Crippen molar-refractivity contribution in [2.75, 3.05) is 24.6 Å². The number of piperazine rings is 1. The van der Waals surface area contributed by atoms with Gasteiger partial charge in [0.15, 0.2) is 0 Å². The number of fused-ring (bicyclic) bond motifs is 3. The van der Waals surface area contributed by atoms with E-state index in [-0.39, 0.29) is 18.2 Å². The van der Waals surface area contributed by atoms with E-state index < -0.39 is 13.7 Å². The summed E-state index contributed by atoms with van der Waals surface area (Å²) in [5, 5.41) is 1.19. The van der Waals surface area contributed by atoms with E-state index in [0.29, 0.717) is 6.73 Å². The summed E-state index contributed by atoms with van der Waals surface area (Å²) in [6.07, 6.45) is 5.94. The quantitative estimate of drug-likeness (QED) is 0.425. The molecule has 33 heavy (non-hydrogen) atoms.